The van der Waals surface area contributed by atoms with Crippen LogP contribution in [0.3, 0.4) is 0 Å². The Balaban J connectivity index is 1.78. The van der Waals surface area contributed by atoms with Gasteiger partial charge in [0.25, 0.3) is 0 Å². The fourth-order valence-electron chi connectivity index (χ4n) is 4.21. The van der Waals surface area contributed by atoms with E-state index in [9.17, 15) is 4.79 Å². The molecule has 1 aliphatic rings. The van der Waals surface area contributed by atoms with Gasteiger partial charge in [0.15, 0.2) is 5.69 Å². The van der Waals surface area contributed by atoms with Crippen molar-refractivity contribution in [2.75, 3.05) is 18.4 Å². The van der Waals surface area contributed by atoms with E-state index in [2.05, 4.69) is 35.8 Å². The molecular weight excluding hydrogens is 346 g/mol. The van der Waals surface area contributed by atoms with Crippen LogP contribution in [-0.2, 0) is 4.79 Å². The smallest absolute Gasteiger partial charge is 0.244 e. The second-order valence-electron chi connectivity index (χ2n) is 9.43. The number of piperidine rings is 1. The van der Waals surface area contributed by atoms with Gasteiger partial charge in [-0.3, -0.25) is 9.69 Å². The lowest BCUT2D eigenvalue weighted by atomic mass is 9.74. The molecule has 0 saturated carbocycles. The number of nitrogens with zero attached hydrogens (tertiary/aromatic N) is 2. The maximum atomic E-state index is 13.2. The summed E-state index contributed by atoms with van der Waals surface area (Å²) < 4.78 is 0. The van der Waals surface area contributed by atoms with Gasteiger partial charge in [0, 0.05) is 5.69 Å². The zero-order valence-electron chi connectivity index (χ0n) is 17.7. The number of nitrogens with one attached hydrogen (secondary N) is 1. The summed E-state index contributed by atoms with van der Waals surface area (Å²) in [6.07, 6.45) is 2.26. The Bertz CT molecular complexity index is 910. The van der Waals surface area contributed by atoms with Gasteiger partial charge >= 0.3 is 0 Å². The first-order chi connectivity index (χ1) is 13.1. The van der Waals surface area contributed by atoms with Crippen molar-refractivity contribution < 1.29 is 4.79 Å². The van der Waals surface area contributed by atoms with Gasteiger partial charge in [-0.1, -0.05) is 51.1 Å². The summed E-state index contributed by atoms with van der Waals surface area (Å²) in [4.78, 5) is 19.1. The predicted molar refractivity (Wildman–Crippen MR) is 117 cm³/mol. The maximum absolute atomic E-state index is 13.2. The van der Waals surface area contributed by atoms with Gasteiger partial charge in [0.05, 0.1) is 12.1 Å². The highest BCUT2D eigenvalue weighted by Crippen LogP contribution is 2.37. The Morgan fingerprint density at radius 3 is 2.21 bits per heavy atom. The van der Waals surface area contributed by atoms with Gasteiger partial charge in [-0.2, -0.15) is 0 Å². The third-order valence-electron chi connectivity index (χ3n) is 6.34. The fraction of sp³-hybridized carbons (Fsp3) is 0.500. The molecule has 28 heavy (non-hydrogen) atoms. The molecule has 0 unspecified atom stereocenters. The van der Waals surface area contributed by atoms with Crippen molar-refractivity contribution in [2.24, 2.45) is 11.3 Å². The lowest BCUT2D eigenvalue weighted by Gasteiger charge is -2.44. The van der Waals surface area contributed by atoms with E-state index in [-0.39, 0.29) is 5.91 Å². The molecule has 0 bridgehead atoms. The highest BCUT2D eigenvalue weighted by atomic mass is 16.2. The molecule has 1 N–H and O–H groups in total. The number of carbonyl (C=O) groups is 1. The summed E-state index contributed by atoms with van der Waals surface area (Å²) in [5.41, 5.74) is 1.12. The van der Waals surface area contributed by atoms with Crippen molar-refractivity contribution in [3.8, 4) is 0 Å². The molecule has 2 aromatic rings. The van der Waals surface area contributed by atoms with Crippen molar-refractivity contribution in [1.29, 1.82) is 0 Å². The van der Waals surface area contributed by atoms with E-state index < -0.39 is 5.54 Å². The number of benzene rings is 2. The molecule has 4 nitrogen and oxygen atoms in total. The van der Waals surface area contributed by atoms with Crippen LogP contribution < -0.4 is 5.32 Å². The van der Waals surface area contributed by atoms with Gasteiger partial charge in [-0.25, -0.2) is 4.85 Å². The minimum atomic E-state index is -0.581. The third-order valence-corrected chi connectivity index (χ3v) is 6.34. The number of rotatable bonds is 3. The second-order valence-corrected chi connectivity index (χ2v) is 9.43. The summed E-state index contributed by atoms with van der Waals surface area (Å²) in [6.45, 7) is 20.2. The summed E-state index contributed by atoms with van der Waals surface area (Å²) in [5, 5.41) is 4.91. The molecule has 2 aromatic carbocycles. The minimum Gasteiger partial charge on any atom is -0.324 e. The maximum Gasteiger partial charge on any atom is 0.244 e. The lowest BCUT2D eigenvalue weighted by molar-refractivity contribution is -0.127. The van der Waals surface area contributed by atoms with Gasteiger partial charge in [0.2, 0.25) is 5.91 Å². The van der Waals surface area contributed by atoms with Gasteiger partial charge < -0.3 is 5.32 Å². The number of likely N-dealkylation sites (tertiary alicyclic amines) is 1. The van der Waals surface area contributed by atoms with Crippen molar-refractivity contribution in [3.05, 3.63) is 47.8 Å². The Morgan fingerprint density at radius 1 is 1.04 bits per heavy atom. The van der Waals surface area contributed by atoms with E-state index >= 15 is 0 Å². The normalized spacial score (nSPS) is 16.7. The molecule has 3 rings (SSSR count). The van der Waals surface area contributed by atoms with Gasteiger partial charge in [0.1, 0.15) is 0 Å². The molecule has 1 heterocycles. The third kappa shape index (κ3) is 3.91. The molecule has 0 aliphatic carbocycles. The average Bonchev–Trinajstić information content (AvgIpc) is 2.67. The van der Waals surface area contributed by atoms with Crippen LogP contribution in [-0.4, -0.2) is 29.4 Å². The van der Waals surface area contributed by atoms with E-state index in [1.165, 1.54) is 0 Å². The van der Waals surface area contributed by atoms with Crippen molar-refractivity contribution >= 4 is 28.1 Å². The van der Waals surface area contributed by atoms with Crippen LogP contribution in [0.25, 0.3) is 15.6 Å². The topological polar surface area (TPSA) is 36.7 Å². The molecule has 1 saturated heterocycles. The van der Waals surface area contributed by atoms with Crippen molar-refractivity contribution in [3.63, 3.8) is 0 Å². The van der Waals surface area contributed by atoms with Crippen LogP contribution in [0.5, 0.6) is 0 Å². The molecule has 1 aliphatic heterocycles. The molecular formula is C24H31N3O. The highest BCUT2D eigenvalue weighted by molar-refractivity contribution is 6.08. The number of amides is 1. The molecule has 4 heteroatoms. The van der Waals surface area contributed by atoms with Crippen LogP contribution in [0.2, 0.25) is 0 Å². The predicted octanol–water partition coefficient (Wildman–Crippen LogP) is 5.87. The molecule has 0 aromatic heterocycles. The SMILES string of the molecule is [C-]#[N+]c1ccc(NC(=O)C(C)(C)N2CCC(C(C)(C)C)CC2)c2ccccc12. The van der Waals surface area contributed by atoms with Crippen LogP contribution in [0.15, 0.2) is 36.4 Å². The Morgan fingerprint density at radius 2 is 1.64 bits per heavy atom. The van der Waals surface area contributed by atoms with E-state index in [4.69, 9.17) is 6.57 Å². The first-order valence-corrected chi connectivity index (χ1v) is 10.1. The first-order valence-electron chi connectivity index (χ1n) is 10.1. The van der Waals surface area contributed by atoms with Crippen LogP contribution in [0, 0.1) is 17.9 Å². The summed E-state index contributed by atoms with van der Waals surface area (Å²) in [5.74, 6) is 0.704. The monoisotopic (exact) mass is 377 g/mol. The molecule has 0 radical (unpaired) electrons. The Kier molecular flexibility index (Phi) is 5.50. The van der Waals surface area contributed by atoms with E-state index in [1.54, 1.807) is 6.07 Å². The quantitative estimate of drug-likeness (QED) is 0.680. The first kappa shape index (κ1) is 20.4. The van der Waals surface area contributed by atoms with E-state index in [1.807, 2.05) is 44.2 Å². The lowest BCUT2D eigenvalue weighted by Crippen LogP contribution is -2.55. The molecule has 0 atom stereocenters. The van der Waals surface area contributed by atoms with Crippen LogP contribution in [0.4, 0.5) is 11.4 Å². The Hall–Kier alpha value is -2.38. The highest BCUT2D eigenvalue weighted by Gasteiger charge is 2.39. The van der Waals surface area contributed by atoms with Crippen LogP contribution >= 0.6 is 0 Å². The van der Waals surface area contributed by atoms with Crippen molar-refractivity contribution in [1.82, 2.24) is 4.90 Å². The molecule has 0 spiro atoms. The molecule has 1 fully saturated rings. The number of hydrogen-bond donors (Lipinski definition) is 1. The molecule has 1 amide bonds. The Labute approximate surface area is 168 Å². The van der Waals surface area contributed by atoms with Crippen molar-refractivity contribution in [2.45, 2.75) is 53.0 Å². The largest absolute Gasteiger partial charge is 0.324 e. The summed E-state index contributed by atoms with van der Waals surface area (Å²) >= 11 is 0. The second kappa shape index (κ2) is 7.56. The zero-order valence-corrected chi connectivity index (χ0v) is 17.7. The van der Waals surface area contributed by atoms with Gasteiger partial charge in [-0.05, 0) is 68.0 Å². The summed E-state index contributed by atoms with van der Waals surface area (Å²) in [7, 11) is 0. The van der Waals surface area contributed by atoms with E-state index in [0.717, 1.165) is 42.4 Å². The molecule has 148 valence electrons. The number of anilines is 1. The number of fused-ring (bicyclic) bond motifs is 1. The number of carbonyl (C=O) groups excluding carboxylic acids is 1. The number of hydrogen-bond acceptors (Lipinski definition) is 2. The average molecular weight is 378 g/mol. The van der Waals surface area contributed by atoms with Gasteiger partial charge in [-0.15, -0.1) is 0 Å². The van der Waals surface area contributed by atoms with E-state index in [0.29, 0.717) is 17.0 Å². The fourth-order valence-corrected chi connectivity index (χ4v) is 4.21. The zero-order chi connectivity index (χ0) is 20.5. The summed E-state index contributed by atoms with van der Waals surface area (Å²) in [6, 6.07) is 11.4. The standard InChI is InChI=1S/C24H31N3O/c1-23(2,3)17-13-15-27(16-14-17)24(4,5)22(28)26-21-12-11-20(25-6)18-9-7-8-10-19(18)21/h7-12,17H,13-16H2,1-5H3,(H,26,28). The van der Waals surface area contributed by atoms with Crippen LogP contribution in [0.1, 0.15) is 47.5 Å². The minimum absolute atomic E-state index is 0.00224.